The normalized spacial score (nSPS) is 9.76. The van der Waals surface area contributed by atoms with Crippen LogP contribution in [-0.4, -0.2) is 19.7 Å². The summed E-state index contributed by atoms with van der Waals surface area (Å²) in [6.07, 6.45) is 0. The van der Waals surface area contributed by atoms with Gasteiger partial charge in [0, 0.05) is 11.8 Å². The maximum atomic E-state index is 5.78. The Balaban J connectivity index is 0.000000686. The van der Waals surface area contributed by atoms with E-state index in [1.54, 1.807) is 4.68 Å². The molecule has 0 bridgehead atoms. The van der Waals surface area contributed by atoms with Crippen molar-refractivity contribution in [1.29, 1.82) is 0 Å². The lowest BCUT2D eigenvalue weighted by molar-refractivity contribution is 0.774. The molecule has 2 aromatic rings. The molecular formula is C11H14Cl2N4. The summed E-state index contributed by atoms with van der Waals surface area (Å²) in [5, 5.41) is 4.84. The van der Waals surface area contributed by atoms with E-state index in [0.29, 0.717) is 16.3 Å². The van der Waals surface area contributed by atoms with Crippen LogP contribution in [0.2, 0.25) is 10.3 Å². The van der Waals surface area contributed by atoms with Crippen LogP contribution in [0.3, 0.4) is 0 Å². The monoisotopic (exact) mass is 272 g/mol. The number of rotatable bonds is 1. The third-order valence-corrected chi connectivity index (χ3v) is 2.24. The number of halogens is 2. The summed E-state index contributed by atoms with van der Waals surface area (Å²) >= 11 is 11.6. The average Bonchev–Trinajstić information content (AvgIpc) is 2.59. The van der Waals surface area contributed by atoms with Gasteiger partial charge in [-0.3, -0.25) is 0 Å². The number of aromatic nitrogens is 4. The van der Waals surface area contributed by atoms with Crippen molar-refractivity contribution < 1.29 is 0 Å². The van der Waals surface area contributed by atoms with Crippen molar-refractivity contribution in [3.63, 3.8) is 0 Å². The van der Waals surface area contributed by atoms with E-state index in [1.165, 1.54) is 6.07 Å². The molecule has 0 atom stereocenters. The first kappa shape index (κ1) is 13.9. The molecule has 0 aromatic carbocycles. The lowest BCUT2D eigenvalue weighted by atomic mass is 10.4. The Morgan fingerprint density at radius 1 is 1.00 bits per heavy atom. The van der Waals surface area contributed by atoms with Crippen LogP contribution in [-0.2, 0) is 0 Å². The maximum Gasteiger partial charge on any atom is 0.253 e. The van der Waals surface area contributed by atoms with Crippen LogP contribution in [0.1, 0.15) is 25.2 Å². The van der Waals surface area contributed by atoms with Crippen LogP contribution in [0.4, 0.5) is 0 Å². The molecule has 0 fully saturated rings. The lowest BCUT2D eigenvalue weighted by Crippen LogP contribution is -2.05. The molecule has 0 spiro atoms. The van der Waals surface area contributed by atoms with Gasteiger partial charge in [-0.05, 0) is 19.9 Å². The summed E-state index contributed by atoms with van der Waals surface area (Å²) in [4.78, 5) is 8.10. The zero-order chi connectivity index (χ0) is 13.0. The molecule has 6 heteroatoms. The maximum absolute atomic E-state index is 5.78. The first-order chi connectivity index (χ1) is 8.06. The van der Waals surface area contributed by atoms with Gasteiger partial charge >= 0.3 is 0 Å². The van der Waals surface area contributed by atoms with Gasteiger partial charge in [-0.1, -0.05) is 37.0 Å². The Morgan fingerprint density at radius 3 is 1.94 bits per heavy atom. The Morgan fingerprint density at radius 2 is 1.53 bits per heavy atom. The molecule has 0 N–H and O–H groups in total. The van der Waals surface area contributed by atoms with Crippen LogP contribution >= 0.6 is 23.2 Å². The molecule has 0 aliphatic heterocycles. The number of aryl methyl sites for hydroxylation is 2. The molecule has 4 nitrogen and oxygen atoms in total. The second kappa shape index (κ2) is 5.98. The Labute approximate surface area is 111 Å². The molecule has 2 heterocycles. The summed E-state index contributed by atoms with van der Waals surface area (Å²) in [5.74, 6) is 0.387. The van der Waals surface area contributed by atoms with E-state index in [9.17, 15) is 0 Å². The smallest absolute Gasteiger partial charge is 0.203 e. The van der Waals surface area contributed by atoms with E-state index < -0.39 is 0 Å². The van der Waals surface area contributed by atoms with Crippen molar-refractivity contribution in [3.8, 4) is 5.95 Å². The van der Waals surface area contributed by atoms with E-state index in [2.05, 4.69) is 15.1 Å². The van der Waals surface area contributed by atoms with Crippen LogP contribution < -0.4 is 0 Å². The van der Waals surface area contributed by atoms with Crippen molar-refractivity contribution >= 4 is 23.2 Å². The van der Waals surface area contributed by atoms with Gasteiger partial charge in [0.25, 0.3) is 5.95 Å². The first-order valence-corrected chi connectivity index (χ1v) is 6.05. The quantitative estimate of drug-likeness (QED) is 0.745. The van der Waals surface area contributed by atoms with E-state index in [-0.39, 0.29) is 0 Å². The van der Waals surface area contributed by atoms with Crippen LogP contribution in [0.15, 0.2) is 12.1 Å². The van der Waals surface area contributed by atoms with E-state index in [1.807, 2.05) is 33.8 Å². The molecule has 0 aliphatic rings. The third kappa shape index (κ3) is 3.41. The van der Waals surface area contributed by atoms with Crippen molar-refractivity contribution in [3.05, 3.63) is 33.8 Å². The molecule has 2 rings (SSSR count). The van der Waals surface area contributed by atoms with Crippen molar-refractivity contribution in [1.82, 2.24) is 19.7 Å². The lowest BCUT2D eigenvalue weighted by Gasteiger charge is -2.02. The number of hydrogen-bond donors (Lipinski definition) is 0. The van der Waals surface area contributed by atoms with Gasteiger partial charge in [0.15, 0.2) is 0 Å². The topological polar surface area (TPSA) is 43.6 Å². The molecule has 92 valence electrons. The van der Waals surface area contributed by atoms with E-state index >= 15 is 0 Å². The minimum absolute atomic E-state index is 0.303. The molecule has 17 heavy (non-hydrogen) atoms. The van der Waals surface area contributed by atoms with Gasteiger partial charge < -0.3 is 0 Å². The molecular weight excluding hydrogens is 259 g/mol. The van der Waals surface area contributed by atoms with Gasteiger partial charge in [0.1, 0.15) is 10.3 Å². The van der Waals surface area contributed by atoms with Gasteiger partial charge in [-0.2, -0.15) is 15.1 Å². The highest BCUT2D eigenvalue weighted by Crippen LogP contribution is 2.15. The fourth-order valence-electron chi connectivity index (χ4n) is 1.30. The average molecular weight is 273 g/mol. The van der Waals surface area contributed by atoms with Crippen LogP contribution in [0.5, 0.6) is 0 Å². The zero-order valence-electron chi connectivity index (χ0n) is 10.2. The molecule has 0 unspecified atom stereocenters. The fourth-order valence-corrected chi connectivity index (χ4v) is 1.72. The second-order valence-corrected chi connectivity index (χ2v) is 3.93. The summed E-state index contributed by atoms with van der Waals surface area (Å²) in [5.41, 5.74) is 1.83. The first-order valence-electron chi connectivity index (χ1n) is 5.30. The highest BCUT2D eigenvalue weighted by molar-refractivity contribution is 6.33. The molecule has 0 saturated carbocycles. The van der Waals surface area contributed by atoms with Crippen molar-refractivity contribution in [2.45, 2.75) is 27.7 Å². The predicted octanol–water partition coefficient (Wildman–Crippen LogP) is 3.61. The van der Waals surface area contributed by atoms with Gasteiger partial charge in [-0.15, -0.1) is 0 Å². The SMILES string of the molecule is CC.Cc1cc(C)n(-c2nc(Cl)cc(Cl)n2)n1. The number of hydrogen-bond acceptors (Lipinski definition) is 3. The van der Waals surface area contributed by atoms with Gasteiger partial charge in [-0.25, -0.2) is 4.68 Å². The summed E-state index contributed by atoms with van der Waals surface area (Å²) in [6.45, 7) is 7.81. The predicted molar refractivity (Wildman–Crippen MR) is 70.0 cm³/mol. The number of nitrogens with zero attached hydrogens (tertiary/aromatic N) is 4. The highest BCUT2D eigenvalue weighted by Gasteiger charge is 2.08. The highest BCUT2D eigenvalue weighted by atomic mass is 35.5. The summed E-state index contributed by atoms with van der Waals surface area (Å²) in [7, 11) is 0. The van der Waals surface area contributed by atoms with Crippen LogP contribution in [0.25, 0.3) is 5.95 Å². The minimum atomic E-state index is 0.303. The fraction of sp³-hybridized carbons (Fsp3) is 0.364. The van der Waals surface area contributed by atoms with Crippen molar-refractivity contribution in [2.24, 2.45) is 0 Å². The van der Waals surface area contributed by atoms with Gasteiger partial charge in [0.2, 0.25) is 0 Å². The van der Waals surface area contributed by atoms with Crippen LogP contribution in [0, 0.1) is 13.8 Å². The van der Waals surface area contributed by atoms with Gasteiger partial charge in [0.05, 0.1) is 5.69 Å². The third-order valence-electron chi connectivity index (χ3n) is 1.85. The largest absolute Gasteiger partial charge is 0.253 e. The van der Waals surface area contributed by atoms with E-state index in [4.69, 9.17) is 23.2 Å². The summed E-state index contributed by atoms with van der Waals surface area (Å²) in [6, 6.07) is 3.41. The molecule has 0 amide bonds. The molecule has 0 saturated heterocycles. The molecule has 2 aromatic heterocycles. The zero-order valence-corrected chi connectivity index (χ0v) is 11.7. The minimum Gasteiger partial charge on any atom is -0.203 e. The Bertz CT molecular complexity index is 488. The second-order valence-electron chi connectivity index (χ2n) is 3.15. The Kier molecular flexibility index (Phi) is 4.90. The standard InChI is InChI=1S/C9H8Cl2N4.C2H6/c1-5-3-6(2)15(14-5)9-12-7(10)4-8(11)13-9;1-2/h3-4H,1-2H3;1-2H3. The van der Waals surface area contributed by atoms with Crippen molar-refractivity contribution in [2.75, 3.05) is 0 Å². The molecule has 0 aliphatic carbocycles. The molecule has 0 radical (unpaired) electrons. The Hall–Kier alpha value is -1.13. The summed E-state index contributed by atoms with van der Waals surface area (Å²) < 4.78 is 1.60. The van der Waals surface area contributed by atoms with E-state index in [0.717, 1.165) is 11.4 Å².